The van der Waals surface area contributed by atoms with E-state index in [1.807, 2.05) is 0 Å². The Hall–Kier alpha value is -3.52. The molecule has 1 saturated heterocycles. The smallest absolute Gasteiger partial charge is 0.267 e. The van der Waals surface area contributed by atoms with E-state index in [4.69, 9.17) is 4.42 Å². The van der Waals surface area contributed by atoms with E-state index in [-0.39, 0.29) is 18.3 Å². The van der Waals surface area contributed by atoms with Crippen molar-refractivity contribution in [2.24, 2.45) is 10.2 Å². The van der Waals surface area contributed by atoms with Crippen LogP contribution in [0.2, 0.25) is 0 Å². The molecule has 2 heterocycles. The first-order chi connectivity index (χ1) is 14.6. The molecule has 1 fully saturated rings. The van der Waals surface area contributed by atoms with Crippen molar-refractivity contribution in [2.75, 3.05) is 0 Å². The highest BCUT2D eigenvalue weighted by Gasteiger charge is 2.34. The van der Waals surface area contributed by atoms with Gasteiger partial charge in [0.1, 0.15) is 17.4 Å². The molecule has 1 aromatic heterocycles. The molecule has 1 aliphatic rings. The van der Waals surface area contributed by atoms with Crippen LogP contribution in [0.3, 0.4) is 0 Å². The van der Waals surface area contributed by atoms with E-state index in [0.717, 1.165) is 11.8 Å². The molecule has 1 amide bonds. The summed E-state index contributed by atoms with van der Waals surface area (Å²) < 4.78 is 32.4. The third kappa shape index (κ3) is 4.55. The van der Waals surface area contributed by atoms with Gasteiger partial charge in [0.2, 0.25) is 0 Å². The molecule has 0 unspecified atom stereocenters. The molecule has 30 heavy (non-hydrogen) atoms. The molecule has 0 N–H and O–H groups in total. The van der Waals surface area contributed by atoms with Gasteiger partial charge in [-0.15, -0.1) is 5.10 Å². The van der Waals surface area contributed by atoms with Gasteiger partial charge in [0.05, 0.1) is 23.9 Å². The van der Waals surface area contributed by atoms with Crippen molar-refractivity contribution in [3.63, 3.8) is 0 Å². The zero-order valence-electron chi connectivity index (χ0n) is 15.5. The fourth-order valence-corrected chi connectivity index (χ4v) is 3.63. The van der Waals surface area contributed by atoms with Gasteiger partial charge in [-0.25, -0.2) is 8.78 Å². The molecule has 0 saturated carbocycles. The molecular weight excluding hydrogens is 408 g/mol. The zero-order valence-corrected chi connectivity index (χ0v) is 16.4. The van der Waals surface area contributed by atoms with Crippen molar-refractivity contribution in [3.05, 3.63) is 100 Å². The molecule has 5 nitrogen and oxygen atoms in total. The first-order valence-corrected chi connectivity index (χ1v) is 9.77. The minimum Gasteiger partial charge on any atom is -0.467 e. The van der Waals surface area contributed by atoms with Crippen LogP contribution in [0, 0.1) is 11.6 Å². The van der Waals surface area contributed by atoms with E-state index in [1.54, 1.807) is 42.5 Å². The second kappa shape index (κ2) is 8.87. The van der Waals surface area contributed by atoms with E-state index >= 15 is 0 Å². The molecule has 0 aliphatic carbocycles. The van der Waals surface area contributed by atoms with E-state index in [2.05, 4.69) is 10.2 Å². The number of benzene rings is 2. The highest BCUT2D eigenvalue weighted by atomic mass is 32.2. The number of amides is 1. The Morgan fingerprint density at radius 3 is 2.57 bits per heavy atom. The lowest BCUT2D eigenvalue weighted by atomic mass is 10.2. The second-order valence-electron chi connectivity index (χ2n) is 6.28. The van der Waals surface area contributed by atoms with Crippen LogP contribution in [-0.2, 0) is 11.3 Å². The van der Waals surface area contributed by atoms with Gasteiger partial charge in [0.25, 0.3) is 5.91 Å². The van der Waals surface area contributed by atoms with Crippen LogP contribution in [0.5, 0.6) is 0 Å². The fraction of sp³-hybridized carbons (Fsp3) is 0.0455. The Kier molecular flexibility index (Phi) is 5.85. The summed E-state index contributed by atoms with van der Waals surface area (Å²) >= 11 is 1.10. The lowest BCUT2D eigenvalue weighted by Crippen LogP contribution is -2.28. The summed E-state index contributed by atoms with van der Waals surface area (Å²) in [7, 11) is 0. The number of furan rings is 1. The number of hydrogen-bond donors (Lipinski definition) is 0. The van der Waals surface area contributed by atoms with Gasteiger partial charge in [-0.2, -0.15) is 5.10 Å². The summed E-state index contributed by atoms with van der Waals surface area (Å²) in [5.41, 5.74) is 0.970. The number of carbonyl (C=O) groups is 1. The van der Waals surface area contributed by atoms with Gasteiger partial charge in [0, 0.05) is 5.56 Å². The summed E-state index contributed by atoms with van der Waals surface area (Å²) in [5, 5.41) is 8.50. The molecule has 1 aliphatic heterocycles. The fourth-order valence-electron chi connectivity index (χ4n) is 2.71. The highest BCUT2D eigenvalue weighted by molar-refractivity contribution is 8.18. The van der Waals surface area contributed by atoms with Crippen molar-refractivity contribution in [2.45, 2.75) is 6.54 Å². The number of amidine groups is 1. The van der Waals surface area contributed by atoms with E-state index < -0.39 is 5.82 Å². The summed E-state index contributed by atoms with van der Waals surface area (Å²) in [4.78, 5) is 14.7. The third-order valence-electron chi connectivity index (χ3n) is 4.19. The van der Waals surface area contributed by atoms with Gasteiger partial charge in [-0.3, -0.25) is 9.69 Å². The van der Waals surface area contributed by atoms with E-state index in [9.17, 15) is 13.6 Å². The summed E-state index contributed by atoms with van der Waals surface area (Å²) in [6, 6.07) is 15.4. The van der Waals surface area contributed by atoms with E-state index in [0.29, 0.717) is 27.0 Å². The largest absolute Gasteiger partial charge is 0.467 e. The number of thioether (sulfide) groups is 1. The molecule has 0 spiro atoms. The maximum atomic E-state index is 14.0. The first kappa shape index (κ1) is 19.8. The first-order valence-electron chi connectivity index (χ1n) is 8.95. The van der Waals surface area contributed by atoms with Crippen LogP contribution in [0.1, 0.15) is 16.9 Å². The molecule has 0 atom stereocenters. The van der Waals surface area contributed by atoms with Crippen LogP contribution in [0.15, 0.2) is 86.5 Å². The minimum atomic E-state index is -0.421. The lowest BCUT2D eigenvalue weighted by Gasteiger charge is -2.12. The minimum absolute atomic E-state index is 0.165. The van der Waals surface area contributed by atoms with Crippen LogP contribution >= 0.6 is 11.8 Å². The van der Waals surface area contributed by atoms with Crippen molar-refractivity contribution in [1.82, 2.24) is 4.90 Å². The summed E-state index contributed by atoms with van der Waals surface area (Å²) in [5.74, 6) is -0.514. The standard InChI is InChI=1S/C22H15F2N3O2S/c23-17-9-7-15(8-10-17)13-25-26-22-27(14-18-5-3-11-29-18)21(28)20(30-22)12-16-4-1-2-6-19(16)24/h1-13H,14H2/b20-12-,25-13-,26-22+. The van der Waals surface area contributed by atoms with E-state index in [1.165, 1.54) is 41.7 Å². The topological polar surface area (TPSA) is 58.2 Å². The highest BCUT2D eigenvalue weighted by Crippen LogP contribution is 2.34. The Morgan fingerprint density at radius 1 is 1.03 bits per heavy atom. The predicted octanol–water partition coefficient (Wildman–Crippen LogP) is 5.06. The molecule has 4 rings (SSSR count). The normalized spacial score (nSPS) is 17.0. The van der Waals surface area contributed by atoms with Gasteiger partial charge in [-0.1, -0.05) is 30.3 Å². The second-order valence-corrected chi connectivity index (χ2v) is 7.29. The molecule has 0 bridgehead atoms. The van der Waals surface area contributed by atoms with Crippen molar-refractivity contribution in [1.29, 1.82) is 0 Å². The third-order valence-corrected chi connectivity index (χ3v) is 5.19. The van der Waals surface area contributed by atoms with Gasteiger partial charge >= 0.3 is 0 Å². The SMILES string of the molecule is O=C1/C(=C/c2ccccc2F)S/C(=N/N=C\c2ccc(F)cc2)N1Cc1ccco1. The molecule has 2 aromatic carbocycles. The Balaban J connectivity index is 1.63. The Morgan fingerprint density at radius 2 is 1.83 bits per heavy atom. The maximum Gasteiger partial charge on any atom is 0.267 e. The summed E-state index contributed by atoms with van der Waals surface area (Å²) in [6.07, 6.45) is 4.47. The molecule has 150 valence electrons. The quantitative estimate of drug-likeness (QED) is 0.327. The molecule has 8 heteroatoms. The lowest BCUT2D eigenvalue weighted by molar-refractivity contribution is -0.122. The van der Waals surface area contributed by atoms with Crippen LogP contribution < -0.4 is 0 Å². The Bertz CT molecular complexity index is 1140. The number of halogens is 2. The maximum absolute atomic E-state index is 14.0. The molecular formula is C22H15F2N3O2S. The molecule has 3 aromatic rings. The predicted molar refractivity (Wildman–Crippen MR) is 113 cm³/mol. The van der Waals surface area contributed by atoms with Gasteiger partial charge < -0.3 is 4.42 Å². The van der Waals surface area contributed by atoms with Crippen LogP contribution in [0.4, 0.5) is 8.78 Å². The average Bonchev–Trinajstić information content (AvgIpc) is 3.35. The van der Waals surface area contributed by atoms with Crippen molar-refractivity contribution < 1.29 is 18.0 Å². The van der Waals surface area contributed by atoms with Crippen molar-refractivity contribution >= 4 is 35.1 Å². The van der Waals surface area contributed by atoms with Gasteiger partial charge in [0.15, 0.2) is 5.17 Å². The summed E-state index contributed by atoms with van der Waals surface area (Å²) in [6.45, 7) is 0.165. The average molecular weight is 423 g/mol. The molecule has 0 radical (unpaired) electrons. The monoisotopic (exact) mass is 423 g/mol. The van der Waals surface area contributed by atoms with Gasteiger partial charge in [-0.05, 0) is 53.7 Å². The van der Waals surface area contributed by atoms with Crippen molar-refractivity contribution in [3.8, 4) is 0 Å². The zero-order chi connectivity index (χ0) is 20.9. The number of nitrogens with zero attached hydrogens (tertiary/aromatic N) is 3. The van der Waals surface area contributed by atoms with Crippen LogP contribution in [0.25, 0.3) is 6.08 Å². The van der Waals surface area contributed by atoms with Crippen LogP contribution in [-0.4, -0.2) is 22.2 Å². The Labute approximate surface area is 175 Å². The number of rotatable bonds is 5. The number of carbonyl (C=O) groups excluding carboxylic acids is 1. The number of hydrogen-bond acceptors (Lipinski definition) is 5.